The molecule has 2 N–H and O–H groups in total. The summed E-state index contributed by atoms with van der Waals surface area (Å²) in [5.74, 6) is -0.954. The van der Waals surface area contributed by atoms with Crippen molar-refractivity contribution in [1.82, 2.24) is 0 Å². The predicted molar refractivity (Wildman–Crippen MR) is 60.8 cm³/mol. The van der Waals surface area contributed by atoms with Crippen molar-refractivity contribution in [2.45, 2.75) is 58.0 Å². The van der Waals surface area contributed by atoms with Gasteiger partial charge in [0.25, 0.3) is 0 Å². The SMILES string of the molecule is CCCCCCCC(O)C/C=C\C(=O)O. The Morgan fingerprint density at radius 1 is 1.27 bits per heavy atom. The molecule has 0 heterocycles. The van der Waals surface area contributed by atoms with Crippen LogP contribution in [0.3, 0.4) is 0 Å². The van der Waals surface area contributed by atoms with Crippen LogP contribution in [-0.2, 0) is 4.79 Å². The molecule has 0 rings (SSSR count). The number of aliphatic hydroxyl groups is 1. The van der Waals surface area contributed by atoms with Crippen molar-refractivity contribution < 1.29 is 15.0 Å². The molecule has 0 aromatic rings. The van der Waals surface area contributed by atoms with Crippen LogP contribution in [0.4, 0.5) is 0 Å². The van der Waals surface area contributed by atoms with Crippen molar-refractivity contribution in [2.24, 2.45) is 0 Å². The summed E-state index contributed by atoms with van der Waals surface area (Å²) in [6, 6.07) is 0. The average molecular weight is 214 g/mol. The minimum absolute atomic E-state index is 0.387. The predicted octanol–water partition coefficient (Wildman–Crippen LogP) is 2.74. The van der Waals surface area contributed by atoms with E-state index >= 15 is 0 Å². The Kier molecular flexibility index (Phi) is 9.18. The van der Waals surface area contributed by atoms with Gasteiger partial charge in [-0.2, -0.15) is 0 Å². The van der Waals surface area contributed by atoms with Gasteiger partial charge in [0.15, 0.2) is 0 Å². The summed E-state index contributed by atoms with van der Waals surface area (Å²) in [6.45, 7) is 2.17. The molecule has 0 fully saturated rings. The molecular weight excluding hydrogens is 192 g/mol. The summed E-state index contributed by atoms with van der Waals surface area (Å²) in [5.41, 5.74) is 0. The molecule has 1 unspecified atom stereocenters. The number of carboxylic acids is 1. The van der Waals surface area contributed by atoms with Gasteiger partial charge in [-0.25, -0.2) is 4.79 Å². The second-order valence-electron chi connectivity index (χ2n) is 3.83. The van der Waals surface area contributed by atoms with E-state index in [1.807, 2.05) is 0 Å². The van der Waals surface area contributed by atoms with Crippen molar-refractivity contribution in [2.75, 3.05) is 0 Å². The van der Waals surface area contributed by atoms with E-state index in [2.05, 4.69) is 6.92 Å². The molecule has 0 aliphatic carbocycles. The third kappa shape index (κ3) is 11.1. The summed E-state index contributed by atoms with van der Waals surface area (Å²) >= 11 is 0. The van der Waals surface area contributed by atoms with E-state index in [9.17, 15) is 9.90 Å². The summed E-state index contributed by atoms with van der Waals surface area (Å²) in [7, 11) is 0. The van der Waals surface area contributed by atoms with Crippen molar-refractivity contribution in [1.29, 1.82) is 0 Å². The van der Waals surface area contributed by atoms with Crippen LogP contribution < -0.4 is 0 Å². The van der Waals surface area contributed by atoms with Gasteiger partial charge in [-0.05, 0) is 12.8 Å². The minimum atomic E-state index is -0.954. The van der Waals surface area contributed by atoms with Crippen LogP contribution in [0.2, 0.25) is 0 Å². The van der Waals surface area contributed by atoms with Crippen LogP contribution in [0.5, 0.6) is 0 Å². The first-order valence-corrected chi connectivity index (χ1v) is 5.74. The molecule has 3 nitrogen and oxygen atoms in total. The zero-order valence-electron chi connectivity index (χ0n) is 9.48. The smallest absolute Gasteiger partial charge is 0.327 e. The van der Waals surface area contributed by atoms with Gasteiger partial charge in [0.05, 0.1) is 6.10 Å². The normalized spacial score (nSPS) is 13.2. The van der Waals surface area contributed by atoms with Crippen LogP contribution in [-0.4, -0.2) is 22.3 Å². The van der Waals surface area contributed by atoms with Crippen molar-refractivity contribution >= 4 is 5.97 Å². The fourth-order valence-electron chi connectivity index (χ4n) is 1.43. The standard InChI is InChI=1S/C12H22O3/c1-2-3-4-5-6-8-11(13)9-7-10-12(14)15/h7,10-11,13H,2-6,8-9H2,1H3,(H,14,15)/b10-7-. The topological polar surface area (TPSA) is 57.5 Å². The number of hydrogen-bond donors (Lipinski definition) is 2. The Labute approximate surface area is 91.8 Å². The number of hydrogen-bond acceptors (Lipinski definition) is 2. The summed E-state index contributed by atoms with van der Waals surface area (Å²) < 4.78 is 0. The first-order valence-electron chi connectivity index (χ1n) is 5.74. The number of aliphatic carboxylic acids is 1. The lowest BCUT2D eigenvalue weighted by atomic mass is 10.1. The van der Waals surface area contributed by atoms with E-state index < -0.39 is 5.97 Å². The second kappa shape index (κ2) is 9.71. The van der Waals surface area contributed by atoms with Crippen LogP contribution >= 0.6 is 0 Å². The van der Waals surface area contributed by atoms with Gasteiger partial charge in [-0.1, -0.05) is 45.1 Å². The zero-order chi connectivity index (χ0) is 11.5. The fraction of sp³-hybridized carbons (Fsp3) is 0.750. The van der Waals surface area contributed by atoms with Gasteiger partial charge in [-0.3, -0.25) is 0 Å². The van der Waals surface area contributed by atoms with Gasteiger partial charge in [0, 0.05) is 6.08 Å². The van der Waals surface area contributed by atoms with Crippen LogP contribution in [0.25, 0.3) is 0 Å². The summed E-state index contributed by atoms with van der Waals surface area (Å²) in [4.78, 5) is 10.1. The van der Waals surface area contributed by atoms with Crippen molar-refractivity contribution in [3.05, 3.63) is 12.2 Å². The van der Waals surface area contributed by atoms with E-state index in [1.54, 1.807) is 0 Å². The number of aliphatic hydroxyl groups excluding tert-OH is 1. The van der Waals surface area contributed by atoms with E-state index in [-0.39, 0.29) is 6.10 Å². The second-order valence-corrected chi connectivity index (χ2v) is 3.83. The Balaban J connectivity index is 3.33. The minimum Gasteiger partial charge on any atom is -0.478 e. The highest BCUT2D eigenvalue weighted by Crippen LogP contribution is 2.09. The highest BCUT2D eigenvalue weighted by Gasteiger charge is 2.01. The molecule has 0 aliphatic rings. The van der Waals surface area contributed by atoms with Gasteiger partial charge < -0.3 is 10.2 Å². The molecule has 15 heavy (non-hydrogen) atoms. The molecule has 0 aromatic heterocycles. The largest absolute Gasteiger partial charge is 0.478 e. The number of carboxylic acid groups (broad SMARTS) is 1. The zero-order valence-corrected chi connectivity index (χ0v) is 9.48. The van der Waals surface area contributed by atoms with Gasteiger partial charge in [0.2, 0.25) is 0 Å². The molecule has 1 atom stereocenters. The fourth-order valence-corrected chi connectivity index (χ4v) is 1.43. The van der Waals surface area contributed by atoms with Crippen LogP contribution in [0.15, 0.2) is 12.2 Å². The number of rotatable bonds is 9. The lowest BCUT2D eigenvalue weighted by Crippen LogP contribution is -2.04. The molecule has 0 aliphatic heterocycles. The molecular formula is C12H22O3. The lowest BCUT2D eigenvalue weighted by Gasteiger charge is -2.06. The van der Waals surface area contributed by atoms with Crippen molar-refractivity contribution in [3.63, 3.8) is 0 Å². The van der Waals surface area contributed by atoms with Crippen molar-refractivity contribution in [3.8, 4) is 0 Å². The van der Waals surface area contributed by atoms with E-state index in [4.69, 9.17) is 5.11 Å². The first-order chi connectivity index (χ1) is 7.16. The molecule has 3 heteroatoms. The maximum Gasteiger partial charge on any atom is 0.327 e. The molecule has 0 spiro atoms. The summed E-state index contributed by atoms with van der Waals surface area (Å²) in [6.07, 6.45) is 9.33. The van der Waals surface area contributed by atoms with Gasteiger partial charge >= 0.3 is 5.97 Å². The van der Waals surface area contributed by atoms with Gasteiger partial charge in [0.1, 0.15) is 0 Å². The Morgan fingerprint density at radius 2 is 1.93 bits per heavy atom. The highest BCUT2D eigenvalue weighted by molar-refractivity contribution is 5.79. The molecule has 0 saturated carbocycles. The Bertz CT molecular complexity index is 187. The van der Waals surface area contributed by atoms with E-state index in [1.165, 1.54) is 25.3 Å². The van der Waals surface area contributed by atoms with E-state index in [0.717, 1.165) is 25.3 Å². The molecule has 0 amide bonds. The first kappa shape index (κ1) is 14.2. The van der Waals surface area contributed by atoms with Gasteiger partial charge in [-0.15, -0.1) is 0 Å². The van der Waals surface area contributed by atoms with E-state index in [0.29, 0.717) is 6.42 Å². The molecule has 0 aromatic carbocycles. The Hall–Kier alpha value is -0.830. The van der Waals surface area contributed by atoms with Crippen LogP contribution in [0, 0.1) is 0 Å². The molecule has 88 valence electrons. The molecule has 0 bridgehead atoms. The maximum absolute atomic E-state index is 10.1. The quantitative estimate of drug-likeness (QED) is 0.458. The monoisotopic (exact) mass is 214 g/mol. The number of unbranched alkanes of at least 4 members (excludes halogenated alkanes) is 4. The molecule has 0 saturated heterocycles. The third-order valence-corrected chi connectivity index (χ3v) is 2.31. The summed E-state index contributed by atoms with van der Waals surface area (Å²) in [5, 5.41) is 17.8. The highest BCUT2D eigenvalue weighted by atomic mass is 16.4. The maximum atomic E-state index is 10.1. The molecule has 0 radical (unpaired) electrons. The Morgan fingerprint density at radius 3 is 2.53 bits per heavy atom. The van der Waals surface area contributed by atoms with Crippen LogP contribution in [0.1, 0.15) is 51.9 Å². The average Bonchev–Trinajstić information content (AvgIpc) is 2.17. The third-order valence-electron chi connectivity index (χ3n) is 2.31. The number of carbonyl (C=O) groups is 1. The lowest BCUT2D eigenvalue weighted by molar-refractivity contribution is -0.131.